The molecular formula is C14H15IN4O. The van der Waals surface area contributed by atoms with E-state index in [1.165, 1.54) is 0 Å². The molecule has 2 heterocycles. The molecule has 0 spiro atoms. The molecule has 0 unspecified atom stereocenters. The second-order valence-electron chi connectivity index (χ2n) is 4.53. The highest BCUT2D eigenvalue weighted by Gasteiger charge is 2.11. The van der Waals surface area contributed by atoms with E-state index in [1.807, 2.05) is 24.3 Å². The van der Waals surface area contributed by atoms with Gasteiger partial charge in [-0.1, -0.05) is 0 Å². The molecule has 6 heteroatoms. The third kappa shape index (κ3) is 2.60. The molecule has 1 aromatic carbocycles. The van der Waals surface area contributed by atoms with Crippen LogP contribution in [-0.2, 0) is 6.54 Å². The minimum Gasteiger partial charge on any atom is -0.491 e. The van der Waals surface area contributed by atoms with Gasteiger partial charge in [-0.25, -0.2) is 0 Å². The van der Waals surface area contributed by atoms with Gasteiger partial charge in [0, 0.05) is 22.5 Å². The van der Waals surface area contributed by atoms with Gasteiger partial charge in [0.2, 0.25) is 0 Å². The topological polar surface area (TPSA) is 68.9 Å². The van der Waals surface area contributed by atoms with Gasteiger partial charge in [-0.05, 0) is 53.3 Å². The zero-order valence-corrected chi connectivity index (χ0v) is 13.0. The van der Waals surface area contributed by atoms with Gasteiger partial charge in [-0.2, -0.15) is 5.10 Å². The summed E-state index contributed by atoms with van der Waals surface area (Å²) in [6, 6.07) is 8.00. The number of benzene rings is 1. The number of nitrogen functional groups attached to an aromatic ring is 1. The lowest BCUT2D eigenvalue weighted by atomic mass is 10.2. The molecule has 0 fully saturated rings. The van der Waals surface area contributed by atoms with E-state index < -0.39 is 0 Å². The van der Waals surface area contributed by atoms with E-state index in [0.717, 1.165) is 33.2 Å². The molecule has 0 aliphatic heterocycles. The quantitative estimate of drug-likeness (QED) is 0.527. The van der Waals surface area contributed by atoms with Crippen LogP contribution in [-0.4, -0.2) is 21.4 Å². The second kappa shape index (κ2) is 5.74. The fourth-order valence-corrected chi connectivity index (χ4v) is 2.89. The van der Waals surface area contributed by atoms with Crippen LogP contribution in [0.25, 0.3) is 10.9 Å². The summed E-state index contributed by atoms with van der Waals surface area (Å²) in [4.78, 5) is 0. The molecule has 5 nitrogen and oxygen atoms in total. The second-order valence-corrected chi connectivity index (χ2v) is 5.69. The van der Waals surface area contributed by atoms with Crippen molar-refractivity contribution >= 4 is 39.3 Å². The smallest absolute Gasteiger partial charge is 0.154 e. The molecule has 3 aromatic rings. The number of halogens is 1. The van der Waals surface area contributed by atoms with E-state index >= 15 is 0 Å². The third-order valence-corrected chi connectivity index (χ3v) is 4.04. The van der Waals surface area contributed by atoms with Gasteiger partial charge < -0.3 is 15.0 Å². The standard InChI is InChI=1S/C14H15IN4O/c15-10-4-5-11(13-12(10)14(16)18-17-13)20-9-3-8-19-6-1-2-7-19/h1-2,4-7H,3,8-9H2,(H3,16,17,18). The maximum absolute atomic E-state index is 5.86. The predicted octanol–water partition coefficient (Wildman–Crippen LogP) is 3.02. The van der Waals surface area contributed by atoms with E-state index in [4.69, 9.17) is 10.5 Å². The van der Waals surface area contributed by atoms with Gasteiger partial charge in [-0.3, -0.25) is 5.10 Å². The molecule has 104 valence electrons. The largest absolute Gasteiger partial charge is 0.491 e. The Bertz CT molecular complexity index is 705. The van der Waals surface area contributed by atoms with Crippen LogP contribution in [0, 0.1) is 3.57 Å². The van der Waals surface area contributed by atoms with E-state index in [1.54, 1.807) is 0 Å². The Hall–Kier alpha value is -1.70. The number of anilines is 1. The summed E-state index contributed by atoms with van der Waals surface area (Å²) in [5, 5.41) is 7.93. The molecule has 0 saturated heterocycles. The number of aryl methyl sites for hydroxylation is 1. The molecule has 0 aliphatic rings. The number of hydrogen-bond acceptors (Lipinski definition) is 3. The zero-order chi connectivity index (χ0) is 13.9. The number of nitrogens with zero attached hydrogens (tertiary/aromatic N) is 2. The summed E-state index contributed by atoms with van der Waals surface area (Å²) < 4.78 is 9.06. The average molecular weight is 382 g/mol. The van der Waals surface area contributed by atoms with Gasteiger partial charge in [-0.15, -0.1) is 0 Å². The molecule has 0 radical (unpaired) electrons. The fraction of sp³-hybridized carbons (Fsp3) is 0.214. The van der Waals surface area contributed by atoms with Crippen molar-refractivity contribution in [3.05, 3.63) is 40.2 Å². The van der Waals surface area contributed by atoms with E-state index in [9.17, 15) is 0 Å². The van der Waals surface area contributed by atoms with Gasteiger partial charge in [0.1, 0.15) is 11.3 Å². The first-order valence-electron chi connectivity index (χ1n) is 6.41. The molecule has 2 aromatic heterocycles. The average Bonchev–Trinajstić information content (AvgIpc) is 3.07. The Kier molecular flexibility index (Phi) is 3.81. The van der Waals surface area contributed by atoms with Gasteiger partial charge >= 0.3 is 0 Å². The first-order valence-corrected chi connectivity index (χ1v) is 7.49. The Labute approximate surface area is 130 Å². The molecule has 0 atom stereocenters. The van der Waals surface area contributed by atoms with Crippen LogP contribution in [0.15, 0.2) is 36.7 Å². The summed E-state index contributed by atoms with van der Waals surface area (Å²) in [6.45, 7) is 1.61. The number of hydrogen-bond donors (Lipinski definition) is 2. The van der Waals surface area contributed by atoms with E-state index in [-0.39, 0.29) is 0 Å². The zero-order valence-electron chi connectivity index (χ0n) is 10.8. The molecule has 0 aliphatic carbocycles. The number of nitrogens with two attached hydrogens (primary N) is 1. The normalized spacial score (nSPS) is 11.1. The number of aromatic nitrogens is 3. The summed E-state index contributed by atoms with van der Waals surface area (Å²) in [6.07, 6.45) is 5.06. The number of nitrogens with one attached hydrogen (secondary N) is 1. The first kappa shape index (κ1) is 13.3. The highest BCUT2D eigenvalue weighted by atomic mass is 127. The van der Waals surface area contributed by atoms with Gasteiger partial charge in [0.15, 0.2) is 5.82 Å². The Balaban J connectivity index is 1.67. The lowest BCUT2D eigenvalue weighted by Gasteiger charge is -2.08. The highest BCUT2D eigenvalue weighted by molar-refractivity contribution is 14.1. The molecule has 0 amide bonds. The Morgan fingerprint density at radius 1 is 1.30 bits per heavy atom. The molecule has 3 rings (SSSR count). The third-order valence-electron chi connectivity index (χ3n) is 3.14. The van der Waals surface area contributed by atoms with Crippen molar-refractivity contribution in [1.29, 1.82) is 0 Å². The van der Waals surface area contributed by atoms with Crippen LogP contribution < -0.4 is 10.5 Å². The SMILES string of the molecule is Nc1n[nH]c2c(OCCCn3cccc3)ccc(I)c12. The number of H-pyrrole nitrogens is 1. The van der Waals surface area contributed by atoms with Crippen molar-refractivity contribution in [2.75, 3.05) is 12.3 Å². The van der Waals surface area contributed by atoms with Gasteiger partial charge in [0.05, 0.1) is 12.0 Å². The molecule has 3 N–H and O–H groups in total. The lowest BCUT2D eigenvalue weighted by molar-refractivity contribution is 0.304. The van der Waals surface area contributed by atoms with Crippen molar-refractivity contribution in [2.24, 2.45) is 0 Å². The monoisotopic (exact) mass is 382 g/mol. The van der Waals surface area contributed by atoms with Crippen molar-refractivity contribution in [3.8, 4) is 5.75 Å². The maximum atomic E-state index is 5.86. The lowest BCUT2D eigenvalue weighted by Crippen LogP contribution is -2.03. The minimum absolute atomic E-state index is 0.516. The minimum atomic E-state index is 0.516. The summed E-state index contributed by atoms with van der Waals surface area (Å²) in [5.74, 6) is 1.32. The summed E-state index contributed by atoms with van der Waals surface area (Å²) in [5.41, 5.74) is 6.73. The fourth-order valence-electron chi connectivity index (χ4n) is 2.16. The van der Waals surface area contributed by atoms with Crippen LogP contribution in [0.1, 0.15) is 6.42 Å². The summed E-state index contributed by atoms with van der Waals surface area (Å²) in [7, 11) is 0. The maximum Gasteiger partial charge on any atom is 0.154 e. The van der Waals surface area contributed by atoms with Crippen molar-refractivity contribution in [1.82, 2.24) is 14.8 Å². The van der Waals surface area contributed by atoms with E-state index in [2.05, 4.69) is 49.7 Å². The van der Waals surface area contributed by atoms with Crippen LogP contribution >= 0.6 is 22.6 Å². The van der Waals surface area contributed by atoms with Crippen LogP contribution in [0.4, 0.5) is 5.82 Å². The van der Waals surface area contributed by atoms with Crippen molar-refractivity contribution < 1.29 is 4.74 Å². The predicted molar refractivity (Wildman–Crippen MR) is 87.8 cm³/mol. The van der Waals surface area contributed by atoms with Crippen LogP contribution in [0.2, 0.25) is 0 Å². The molecule has 20 heavy (non-hydrogen) atoms. The first-order chi connectivity index (χ1) is 9.75. The number of aromatic amines is 1. The number of fused-ring (bicyclic) bond motifs is 1. The van der Waals surface area contributed by atoms with E-state index in [0.29, 0.717) is 12.4 Å². The van der Waals surface area contributed by atoms with Crippen molar-refractivity contribution in [3.63, 3.8) is 0 Å². The van der Waals surface area contributed by atoms with Crippen molar-refractivity contribution in [2.45, 2.75) is 13.0 Å². The number of ether oxygens (including phenoxy) is 1. The summed E-state index contributed by atoms with van der Waals surface area (Å²) >= 11 is 2.25. The Morgan fingerprint density at radius 3 is 2.90 bits per heavy atom. The highest BCUT2D eigenvalue weighted by Crippen LogP contribution is 2.31. The van der Waals surface area contributed by atoms with Crippen LogP contribution in [0.3, 0.4) is 0 Å². The molecular weight excluding hydrogens is 367 g/mol. The molecule has 0 bridgehead atoms. The number of rotatable bonds is 5. The Morgan fingerprint density at radius 2 is 2.10 bits per heavy atom. The van der Waals surface area contributed by atoms with Crippen LogP contribution in [0.5, 0.6) is 5.75 Å². The van der Waals surface area contributed by atoms with Gasteiger partial charge in [0.25, 0.3) is 0 Å². The molecule has 0 saturated carbocycles.